The minimum absolute atomic E-state index is 0.188. The molecule has 104 valence electrons. The third-order valence-electron chi connectivity index (χ3n) is 3.49. The van der Waals surface area contributed by atoms with Crippen LogP contribution >= 0.6 is 0 Å². The predicted molar refractivity (Wildman–Crippen MR) is 70.3 cm³/mol. The van der Waals surface area contributed by atoms with Gasteiger partial charge in [0, 0.05) is 18.8 Å². The number of anilines is 1. The molecule has 1 N–H and O–H groups in total. The SMILES string of the molecule is CC(C)c1cc(N(C)C2COCC2C(=O)O)ncn1. The summed E-state index contributed by atoms with van der Waals surface area (Å²) < 4.78 is 5.29. The first-order chi connectivity index (χ1) is 9.00. The second kappa shape index (κ2) is 5.52. The minimum Gasteiger partial charge on any atom is -0.481 e. The highest BCUT2D eigenvalue weighted by atomic mass is 16.5. The lowest BCUT2D eigenvalue weighted by molar-refractivity contribution is -0.141. The third kappa shape index (κ3) is 2.84. The van der Waals surface area contributed by atoms with E-state index in [2.05, 4.69) is 23.8 Å². The van der Waals surface area contributed by atoms with Crippen molar-refractivity contribution in [3.8, 4) is 0 Å². The first kappa shape index (κ1) is 13.7. The Hall–Kier alpha value is -1.69. The Balaban J connectivity index is 2.21. The third-order valence-corrected chi connectivity index (χ3v) is 3.49. The van der Waals surface area contributed by atoms with E-state index in [1.165, 1.54) is 6.33 Å². The summed E-state index contributed by atoms with van der Waals surface area (Å²) in [6.07, 6.45) is 1.52. The molecule has 0 radical (unpaired) electrons. The number of aliphatic carboxylic acids is 1. The molecule has 1 aromatic rings. The first-order valence-corrected chi connectivity index (χ1v) is 6.36. The van der Waals surface area contributed by atoms with Gasteiger partial charge in [-0.25, -0.2) is 9.97 Å². The van der Waals surface area contributed by atoms with Crippen LogP contribution in [0.3, 0.4) is 0 Å². The number of carboxylic acids is 1. The van der Waals surface area contributed by atoms with Gasteiger partial charge in [0.25, 0.3) is 0 Å². The van der Waals surface area contributed by atoms with E-state index in [-0.39, 0.29) is 12.6 Å². The Kier molecular flexibility index (Phi) is 3.99. The van der Waals surface area contributed by atoms with Crippen molar-refractivity contribution in [3.63, 3.8) is 0 Å². The number of carboxylic acid groups (broad SMARTS) is 1. The van der Waals surface area contributed by atoms with Crippen LogP contribution in [-0.2, 0) is 9.53 Å². The van der Waals surface area contributed by atoms with E-state index in [0.717, 1.165) is 11.5 Å². The van der Waals surface area contributed by atoms with Crippen LogP contribution in [0.4, 0.5) is 5.82 Å². The van der Waals surface area contributed by atoms with E-state index >= 15 is 0 Å². The molecule has 0 aromatic carbocycles. The summed E-state index contributed by atoms with van der Waals surface area (Å²) in [7, 11) is 1.85. The molecule has 1 aliphatic heterocycles. The maximum atomic E-state index is 11.2. The molecule has 2 rings (SSSR count). The van der Waals surface area contributed by atoms with Gasteiger partial charge in [0.1, 0.15) is 18.1 Å². The highest BCUT2D eigenvalue weighted by molar-refractivity contribution is 5.72. The zero-order valence-corrected chi connectivity index (χ0v) is 11.4. The van der Waals surface area contributed by atoms with Crippen molar-refractivity contribution in [1.29, 1.82) is 0 Å². The summed E-state index contributed by atoms with van der Waals surface area (Å²) in [5.41, 5.74) is 0.947. The van der Waals surface area contributed by atoms with E-state index in [0.29, 0.717) is 12.5 Å². The lowest BCUT2D eigenvalue weighted by Crippen LogP contribution is -2.41. The molecule has 0 bridgehead atoms. The van der Waals surface area contributed by atoms with Crippen LogP contribution in [0, 0.1) is 5.92 Å². The van der Waals surface area contributed by atoms with E-state index in [1.54, 1.807) is 0 Å². The van der Waals surface area contributed by atoms with Gasteiger partial charge in [0.2, 0.25) is 0 Å². The molecule has 2 heterocycles. The molecule has 19 heavy (non-hydrogen) atoms. The van der Waals surface area contributed by atoms with Crippen molar-refractivity contribution < 1.29 is 14.6 Å². The highest BCUT2D eigenvalue weighted by Gasteiger charge is 2.37. The van der Waals surface area contributed by atoms with Crippen molar-refractivity contribution >= 4 is 11.8 Å². The summed E-state index contributed by atoms with van der Waals surface area (Å²) in [4.78, 5) is 21.5. The summed E-state index contributed by atoms with van der Waals surface area (Å²) in [5, 5.41) is 9.18. The van der Waals surface area contributed by atoms with Gasteiger partial charge in [-0.05, 0) is 5.92 Å². The molecule has 2 unspecified atom stereocenters. The normalized spacial score (nSPS) is 22.7. The van der Waals surface area contributed by atoms with Crippen LogP contribution in [0.2, 0.25) is 0 Å². The van der Waals surface area contributed by atoms with Crippen molar-refractivity contribution in [2.45, 2.75) is 25.8 Å². The maximum absolute atomic E-state index is 11.2. The first-order valence-electron chi connectivity index (χ1n) is 6.36. The molecule has 6 heteroatoms. The number of hydrogen-bond donors (Lipinski definition) is 1. The quantitative estimate of drug-likeness (QED) is 0.879. The van der Waals surface area contributed by atoms with Crippen LogP contribution in [0.15, 0.2) is 12.4 Å². The van der Waals surface area contributed by atoms with E-state index in [1.807, 2.05) is 18.0 Å². The average Bonchev–Trinajstić information content (AvgIpc) is 2.87. The molecule has 0 aliphatic carbocycles. The monoisotopic (exact) mass is 265 g/mol. The number of likely N-dealkylation sites (N-methyl/N-ethyl adjacent to an activating group) is 1. The number of nitrogens with zero attached hydrogens (tertiary/aromatic N) is 3. The molecule has 1 aliphatic rings. The second-order valence-electron chi connectivity index (χ2n) is 5.12. The van der Waals surface area contributed by atoms with E-state index in [4.69, 9.17) is 4.74 Å². The number of ether oxygens (including phenoxy) is 1. The fourth-order valence-electron chi connectivity index (χ4n) is 2.20. The molecule has 6 nitrogen and oxygen atoms in total. The average molecular weight is 265 g/mol. The molecule has 0 saturated carbocycles. The standard InChI is InChI=1S/C13H19N3O3/c1-8(2)10-4-12(15-7-14-10)16(3)11-6-19-5-9(11)13(17)18/h4,7-9,11H,5-6H2,1-3H3,(H,17,18). The minimum atomic E-state index is -0.826. The van der Waals surface area contributed by atoms with Crippen molar-refractivity contribution in [2.24, 2.45) is 5.92 Å². The van der Waals surface area contributed by atoms with Crippen molar-refractivity contribution in [2.75, 3.05) is 25.2 Å². The molecule has 1 saturated heterocycles. The number of rotatable bonds is 4. The Morgan fingerprint density at radius 2 is 2.21 bits per heavy atom. The fourth-order valence-corrected chi connectivity index (χ4v) is 2.20. The maximum Gasteiger partial charge on any atom is 0.311 e. The smallest absolute Gasteiger partial charge is 0.311 e. The molecule has 0 amide bonds. The van der Waals surface area contributed by atoms with Crippen molar-refractivity contribution in [3.05, 3.63) is 18.1 Å². The Bertz CT molecular complexity index is 464. The summed E-state index contributed by atoms with van der Waals surface area (Å²) >= 11 is 0. The second-order valence-corrected chi connectivity index (χ2v) is 5.12. The van der Waals surface area contributed by atoms with Crippen molar-refractivity contribution in [1.82, 2.24) is 9.97 Å². The number of carbonyl (C=O) groups is 1. The Labute approximate surface area is 112 Å². The van der Waals surface area contributed by atoms with Crippen LogP contribution in [0.5, 0.6) is 0 Å². The van der Waals surface area contributed by atoms with Gasteiger partial charge >= 0.3 is 5.97 Å². The molecule has 1 aromatic heterocycles. The molecular weight excluding hydrogens is 246 g/mol. The van der Waals surface area contributed by atoms with Gasteiger partial charge in [-0.2, -0.15) is 0 Å². The van der Waals surface area contributed by atoms with Crippen LogP contribution in [0.25, 0.3) is 0 Å². The molecular formula is C13H19N3O3. The molecule has 0 spiro atoms. The lowest BCUT2D eigenvalue weighted by atomic mass is 10.0. The summed E-state index contributed by atoms with van der Waals surface area (Å²) in [6, 6.07) is 1.72. The number of aromatic nitrogens is 2. The van der Waals surface area contributed by atoms with Gasteiger partial charge in [-0.1, -0.05) is 13.8 Å². The topological polar surface area (TPSA) is 75.5 Å². The largest absolute Gasteiger partial charge is 0.481 e. The predicted octanol–water partition coefficient (Wildman–Crippen LogP) is 1.14. The Morgan fingerprint density at radius 1 is 1.47 bits per heavy atom. The number of hydrogen-bond acceptors (Lipinski definition) is 5. The summed E-state index contributed by atoms with van der Waals surface area (Å²) in [6.45, 7) is 4.79. The highest BCUT2D eigenvalue weighted by Crippen LogP contribution is 2.24. The zero-order chi connectivity index (χ0) is 14.0. The lowest BCUT2D eigenvalue weighted by Gasteiger charge is -2.27. The molecule has 2 atom stereocenters. The van der Waals surface area contributed by atoms with E-state index < -0.39 is 11.9 Å². The van der Waals surface area contributed by atoms with Crippen LogP contribution in [0.1, 0.15) is 25.5 Å². The zero-order valence-electron chi connectivity index (χ0n) is 11.4. The van der Waals surface area contributed by atoms with E-state index in [9.17, 15) is 9.90 Å². The van der Waals surface area contributed by atoms with Gasteiger partial charge in [0.05, 0.1) is 19.3 Å². The van der Waals surface area contributed by atoms with Gasteiger partial charge < -0.3 is 14.7 Å². The van der Waals surface area contributed by atoms with Crippen LogP contribution in [-0.4, -0.2) is 47.3 Å². The van der Waals surface area contributed by atoms with Gasteiger partial charge in [-0.15, -0.1) is 0 Å². The summed E-state index contributed by atoms with van der Waals surface area (Å²) in [5.74, 6) is -0.291. The van der Waals surface area contributed by atoms with Crippen LogP contribution < -0.4 is 4.90 Å². The van der Waals surface area contributed by atoms with Gasteiger partial charge in [-0.3, -0.25) is 4.79 Å². The molecule has 1 fully saturated rings. The van der Waals surface area contributed by atoms with Gasteiger partial charge in [0.15, 0.2) is 0 Å². The fraction of sp³-hybridized carbons (Fsp3) is 0.615. The Morgan fingerprint density at radius 3 is 2.84 bits per heavy atom.